The molecule has 0 atom stereocenters. The van der Waals surface area contributed by atoms with Crippen molar-refractivity contribution in [3.8, 4) is 23.0 Å². The van der Waals surface area contributed by atoms with Crippen molar-refractivity contribution in [2.24, 2.45) is 10.2 Å². The Morgan fingerprint density at radius 3 is 1.07 bits per heavy atom. The van der Waals surface area contributed by atoms with Gasteiger partial charge in [-0.3, -0.25) is 19.2 Å². The normalized spacial score (nSPS) is 19.5. The molecule has 0 saturated carbocycles. The van der Waals surface area contributed by atoms with E-state index < -0.39 is 23.6 Å². The van der Waals surface area contributed by atoms with E-state index in [2.05, 4.69) is 10.2 Å². The molecule has 0 spiro atoms. The smallest absolute Gasteiger partial charge is 0.274 e. The number of hydrazone groups is 2. The van der Waals surface area contributed by atoms with Gasteiger partial charge in [0.2, 0.25) is 0 Å². The fourth-order valence-corrected chi connectivity index (χ4v) is 4.14. The van der Waals surface area contributed by atoms with Crippen LogP contribution in [-0.4, -0.2) is 45.1 Å². The van der Waals surface area contributed by atoms with E-state index in [4.69, 9.17) is 14.2 Å². The zero-order valence-electron chi connectivity index (χ0n) is 22.5. The minimum Gasteiger partial charge on any atom is -0.458 e. The van der Waals surface area contributed by atoms with Crippen LogP contribution in [0.3, 0.4) is 0 Å². The van der Waals surface area contributed by atoms with Gasteiger partial charge in [0.1, 0.15) is 34.5 Å². The molecular formula is C32H22N4O7. The molecule has 2 heterocycles. The number of ether oxygens (including phenoxy) is 3. The zero-order chi connectivity index (χ0) is 29.8. The second kappa shape index (κ2) is 11.8. The van der Waals surface area contributed by atoms with Crippen LogP contribution in [0.1, 0.15) is 12.8 Å². The molecule has 11 heteroatoms. The van der Waals surface area contributed by atoms with Crippen molar-refractivity contribution in [2.45, 2.75) is 12.8 Å². The van der Waals surface area contributed by atoms with Crippen LogP contribution in [0.2, 0.25) is 0 Å². The van der Waals surface area contributed by atoms with Crippen LogP contribution < -0.4 is 14.2 Å². The van der Waals surface area contributed by atoms with Gasteiger partial charge in [-0.25, -0.2) is 0 Å². The summed E-state index contributed by atoms with van der Waals surface area (Å²) in [5.74, 6) is 1.83. The van der Waals surface area contributed by atoms with Crippen molar-refractivity contribution in [3.05, 3.63) is 121 Å². The van der Waals surface area contributed by atoms with Crippen LogP contribution in [-0.2, 0) is 19.2 Å². The topological polar surface area (TPSA) is 127 Å². The van der Waals surface area contributed by atoms with Crippen molar-refractivity contribution >= 4 is 35.1 Å². The molecule has 2 aromatic rings. The lowest BCUT2D eigenvalue weighted by Gasteiger charge is -2.14. The summed E-state index contributed by atoms with van der Waals surface area (Å²) in [6.45, 7) is 0. The molecule has 6 rings (SSSR count). The maximum Gasteiger partial charge on any atom is 0.274 e. The molecule has 4 amide bonds. The van der Waals surface area contributed by atoms with E-state index in [1.807, 2.05) is 12.2 Å². The standard InChI is InChI=1S/C32H22N4O7/c37-29-17-18-30(38)35(29)33-21-1-5-23(6-2-21)41-25-9-13-27(14-10-25)43-28-15-11-26(12-16-28)42-24-7-3-22(4-8-24)34-36-31(39)19-20-32(36)40/h1,3,5-20H,2,4H2. The molecule has 0 bridgehead atoms. The lowest BCUT2D eigenvalue weighted by molar-refractivity contribution is -0.138. The maximum absolute atomic E-state index is 11.7. The van der Waals surface area contributed by atoms with E-state index >= 15 is 0 Å². The van der Waals surface area contributed by atoms with Crippen LogP contribution >= 0.6 is 0 Å². The van der Waals surface area contributed by atoms with Crippen molar-refractivity contribution in [1.82, 2.24) is 10.0 Å². The van der Waals surface area contributed by atoms with Crippen molar-refractivity contribution in [3.63, 3.8) is 0 Å². The molecule has 2 aliphatic carbocycles. The average molecular weight is 575 g/mol. The van der Waals surface area contributed by atoms with E-state index in [9.17, 15) is 19.2 Å². The Balaban J connectivity index is 0.979. The van der Waals surface area contributed by atoms with E-state index in [0.29, 0.717) is 58.8 Å². The minimum atomic E-state index is -0.462. The Labute approximate surface area is 245 Å². The number of imide groups is 2. The second-order valence-corrected chi connectivity index (χ2v) is 9.36. The van der Waals surface area contributed by atoms with Gasteiger partial charge in [0.25, 0.3) is 23.6 Å². The zero-order valence-corrected chi connectivity index (χ0v) is 22.5. The number of benzene rings is 2. The third-order valence-electron chi connectivity index (χ3n) is 6.29. The summed E-state index contributed by atoms with van der Waals surface area (Å²) in [4.78, 5) is 46.7. The number of rotatable bonds is 8. The molecule has 212 valence electrons. The highest BCUT2D eigenvalue weighted by molar-refractivity contribution is 6.14. The molecule has 4 aliphatic rings. The first-order valence-corrected chi connectivity index (χ1v) is 13.2. The third-order valence-corrected chi connectivity index (χ3v) is 6.29. The van der Waals surface area contributed by atoms with Crippen LogP contribution in [0.5, 0.6) is 23.0 Å². The molecule has 0 N–H and O–H groups in total. The SMILES string of the molecule is O=C1C=CC(=O)N1N=C1C=CC(Oc2ccc(Oc3ccc(OC4=CCC(=NN5C(=O)C=CC5=O)C=C4)cc3)cc2)=CC1. The first-order valence-electron chi connectivity index (χ1n) is 13.2. The maximum atomic E-state index is 11.7. The van der Waals surface area contributed by atoms with Gasteiger partial charge in [-0.15, -0.1) is 0 Å². The highest BCUT2D eigenvalue weighted by atomic mass is 16.5. The Morgan fingerprint density at radius 1 is 0.442 bits per heavy atom. The molecular weight excluding hydrogens is 552 g/mol. The third kappa shape index (κ3) is 6.46. The molecule has 0 unspecified atom stereocenters. The number of amides is 4. The van der Waals surface area contributed by atoms with Crippen molar-refractivity contribution < 1.29 is 33.4 Å². The van der Waals surface area contributed by atoms with Gasteiger partial charge in [-0.2, -0.15) is 20.2 Å². The number of carbonyl (C=O) groups is 4. The summed E-state index contributed by atoms with van der Waals surface area (Å²) in [5.41, 5.74) is 1.13. The predicted octanol–water partition coefficient (Wildman–Crippen LogP) is 4.49. The quantitative estimate of drug-likeness (QED) is 0.425. The van der Waals surface area contributed by atoms with E-state index in [1.165, 1.54) is 24.3 Å². The second-order valence-electron chi connectivity index (χ2n) is 9.36. The first-order chi connectivity index (χ1) is 20.9. The molecule has 0 aromatic heterocycles. The Bertz CT molecular complexity index is 1590. The summed E-state index contributed by atoms with van der Waals surface area (Å²) >= 11 is 0. The largest absolute Gasteiger partial charge is 0.458 e. The van der Waals surface area contributed by atoms with Gasteiger partial charge in [-0.1, -0.05) is 0 Å². The van der Waals surface area contributed by atoms with Gasteiger partial charge in [0.15, 0.2) is 0 Å². The summed E-state index contributed by atoms with van der Waals surface area (Å²) in [7, 11) is 0. The van der Waals surface area contributed by atoms with Crippen molar-refractivity contribution in [2.75, 3.05) is 0 Å². The summed E-state index contributed by atoms with van der Waals surface area (Å²) in [5, 5.41) is 9.85. The Morgan fingerprint density at radius 2 is 0.767 bits per heavy atom. The first kappa shape index (κ1) is 27.1. The number of hydrogen-bond acceptors (Lipinski definition) is 9. The van der Waals surface area contributed by atoms with Gasteiger partial charge in [0.05, 0.1) is 11.4 Å². The fourth-order valence-electron chi connectivity index (χ4n) is 4.14. The fraction of sp³-hybridized carbons (Fsp3) is 0.0625. The molecule has 2 aliphatic heterocycles. The molecule has 0 radical (unpaired) electrons. The van der Waals surface area contributed by atoms with E-state index in [1.54, 1.807) is 72.8 Å². The monoisotopic (exact) mass is 574 g/mol. The molecule has 11 nitrogen and oxygen atoms in total. The Kier molecular flexibility index (Phi) is 7.43. The number of allylic oxidation sites excluding steroid dienone is 6. The van der Waals surface area contributed by atoms with Crippen LogP contribution in [0.25, 0.3) is 0 Å². The van der Waals surface area contributed by atoms with E-state index in [-0.39, 0.29) is 0 Å². The summed E-state index contributed by atoms with van der Waals surface area (Å²) < 4.78 is 17.7. The van der Waals surface area contributed by atoms with Gasteiger partial charge < -0.3 is 14.2 Å². The lowest BCUT2D eigenvalue weighted by Crippen LogP contribution is -2.25. The summed E-state index contributed by atoms with van der Waals surface area (Å²) in [6, 6.07) is 14.3. The predicted molar refractivity (Wildman–Crippen MR) is 155 cm³/mol. The highest BCUT2D eigenvalue weighted by Gasteiger charge is 2.24. The van der Waals surface area contributed by atoms with Crippen molar-refractivity contribution in [1.29, 1.82) is 0 Å². The minimum absolute atomic E-state index is 0.410. The van der Waals surface area contributed by atoms with Crippen LogP contribution in [0.4, 0.5) is 0 Å². The van der Waals surface area contributed by atoms with Crippen LogP contribution in [0, 0.1) is 0 Å². The molecule has 2 aromatic carbocycles. The van der Waals surface area contributed by atoms with Gasteiger partial charge in [0, 0.05) is 37.1 Å². The molecule has 43 heavy (non-hydrogen) atoms. The number of nitrogens with zero attached hydrogens (tertiary/aromatic N) is 4. The Hall–Kier alpha value is -6.10. The number of hydrogen-bond donors (Lipinski definition) is 0. The number of carbonyl (C=O) groups excluding carboxylic acids is 4. The highest BCUT2D eigenvalue weighted by Crippen LogP contribution is 2.28. The van der Waals surface area contributed by atoms with E-state index in [0.717, 1.165) is 10.0 Å². The average Bonchev–Trinajstić information content (AvgIpc) is 3.51. The van der Waals surface area contributed by atoms with Gasteiger partial charge in [-0.05, 0) is 85.0 Å². The lowest BCUT2D eigenvalue weighted by atomic mass is 10.1. The molecule has 0 saturated heterocycles. The molecule has 0 fully saturated rings. The van der Waals surface area contributed by atoms with Crippen LogP contribution in [0.15, 0.2) is 131 Å². The summed E-state index contributed by atoms with van der Waals surface area (Å²) in [6.07, 6.45) is 16.0. The van der Waals surface area contributed by atoms with Gasteiger partial charge >= 0.3 is 0 Å².